The molecule has 0 radical (unpaired) electrons. The Labute approximate surface area is 140 Å². The molecule has 1 aromatic carbocycles. The third kappa shape index (κ3) is 3.13. The van der Waals surface area contributed by atoms with Crippen molar-refractivity contribution in [3.63, 3.8) is 0 Å². The SMILES string of the molecule is Cc1ccc2nc(C(C)C)c(N=Nc3ccc(C)c(Cl)c3)n2c1. The summed E-state index contributed by atoms with van der Waals surface area (Å²) in [6.45, 7) is 8.23. The van der Waals surface area contributed by atoms with E-state index in [1.807, 2.05) is 47.9 Å². The molecule has 23 heavy (non-hydrogen) atoms. The van der Waals surface area contributed by atoms with Gasteiger partial charge in [-0.2, -0.15) is 0 Å². The molecule has 0 spiro atoms. The smallest absolute Gasteiger partial charge is 0.183 e. The van der Waals surface area contributed by atoms with Crippen LogP contribution in [0.15, 0.2) is 46.8 Å². The molecule has 0 amide bonds. The van der Waals surface area contributed by atoms with Crippen molar-refractivity contribution in [1.29, 1.82) is 0 Å². The fourth-order valence-electron chi connectivity index (χ4n) is 2.39. The molecule has 0 saturated carbocycles. The Morgan fingerprint density at radius 3 is 2.57 bits per heavy atom. The van der Waals surface area contributed by atoms with E-state index in [9.17, 15) is 0 Å². The molecule has 4 nitrogen and oxygen atoms in total. The lowest BCUT2D eigenvalue weighted by molar-refractivity contribution is 0.831. The quantitative estimate of drug-likeness (QED) is 0.533. The lowest BCUT2D eigenvalue weighted by Gasteiger charge is -2.02. The van der Waals surface area contributed by atoms with Crippen LogP contribution in [0, 0.1) is 13.8 Å². The second-order valence-corrected chi connectivity index (χ2v) is 6.45. The molecule has 3 rings (SSSR count). The van der Waals surface area contributed by atoms with Crippen LogP contribution in [0.25, 0.3) is 5.65 Å². The molecule has 0 atom stereocenters. The fourth-order valence-corrected chi connectivity index (χ4v) is 2.57. The summed E-state index contributed by atoms with van der Waals surface area (Å²) in [7, 11) is 0. The number of aryl methyl sites for hydroxylation is 2. The van der Waals surface area contributed by atoms with Gasteiger partial charge in [-0.3, -0.25) is 4.40 Å². The molecule has 5 heteroatoms. The van der Waals surface area contributed by atoms with Gasteiger partial charge in [0.1, 0.15) is 5.65 Å². The van der Waals surface area contributed by atoms with Crippen LogP contribution in [-0.2, 0) is 0 Å². The van der Waals surface area contributed by atoms with E-state index in [0.29, 0.717) is 5.02 Å². The molecule has 0 aliphatic carbocycles. The predicted molar refractivity (Wildman–Crippen MR) is 94.4 cm³/mol. The first-order valence-electron chi connectivity index (χ1n) is 7.62. The summed E-state index contributed by atoms with van der Waals surface area (Å²) in [4.78, 5) is 4.68. The largest absolute Gasteiger partial charge is 0.283 e. The van der Waals surface area contributed by atoms with Gasteiger partial charge < -0.3 is 0 Å². The van der Waals surface area contributed by atoms with Crippen molar-refractivity contribution in [2.75, 3.05) is 0 Å². The number of azo groups is 1. The summed E-state index contributed by atoms with van der Waals surface area (Å²) < 4.78 is 1.99. The molecule has 0 aliphatic rings. The number of imidazole rings is 1. The van der Waals surface area contributed by atoms with Gasteiger partial charge in [-0.25, -0.2) is 4.98 Å². The zero-order valence-corrected chi connectivity index (χ0v) is 14.5. The molecule has 0 unspecified atom stereocenters. The highest BCUT2D eigenvalue weighted by Gasteiger charge is 2.15. The summed E-state index contributed by atoms with van der Waals surface area (Å²) in [6.07, 6.45) is 2.03. The lowest BCUT2D eigenvalue weighted by Crippen LogP contribution is -1.88. The van der Waals surface area contributed by atoms with Crippen molar-refractivity contribution in [3.05, 3.63) is 58.4 Å². The van der Waals surface area contributed by atoms with Crippen molar-refractivity contribution in [1.82, 2.24) is 9.38 Å². The number of hydrogen-bond donors (Lipinski definition) is 0. The number of benzene rings is 1. The van der Waals surface area contributed by atoms with Crippen molar-refractivity contribution in [2.45, 2.75) is 33.6 Å². The molecule has 0 saturated heterocycles. The van der Waals surface area contributed by atoms with Crippen LogP contribution in [0.5, 0.6) is 0 Å². The minimum Gasteiger partial charge on any atom is -0.283 e. The highest BCUT2D eigenvalue weighted by Crippen LogP contribution is 2.30. The number of fused-ring (bicyclic) bond motifs is 1. The molecule has 0 N–H and O–H groups in total. The zero-order chi connectivity index (χ0) is 16.6. The first-order valence-corrected chi connectivity index (χ1v) is 8.00. The highest BCUT2D eigenvalue weighted by atomic mass is 35.5. The number of nitrogens with zero attached hydrogens (tertiary/aromatic N) is 4. The summed E-state index contributed by atoms with van der Waals surface area (Å²) >= 11 is 6.15. The van der Waals surface area contributed by atoms with Gasteiger partial charge in [0, 0.05) is 11.2 Å². The van der Waals surface area contributed by atoms with Gasteiger partial charge in [-0.05, 0) is 49.1 Å². The number of aromatic nitrogens is 2. The first kappa shape index (κ1) is 15.7. The normalized spacial score (nSPS) is 11.9. The maximum absolute atomic E-state index is 6.15. The molecule has 0 aliphatic heterocycles. The summed E-state index contributed by atoms with van der Waals surface area (Å²) in [6, 6.07) is 9.73. The predicted octanol–water partition coefficient (Wildman–Crippen LogP) is 6.14. The zero-order valence-electron chi connectivity index (χ0n) is 13.7. The van der Waals surface area contributed by atoms with Crippen LogP contribution in [0.3, 0.4) is 0 Å². The first-order chi connectivity index (χ1) is 11.0. The Balaban J connectivity index is 2.10. The summed E-state index contributed by atoms with van der Waals surface area (Å²) in [5.74, 6) is 1.04. The topological polar surface area (TPSA) is 42.0 Å². The van der Waals surface area contributed by atoms with E-state index in [-0.39, 0.29) is 5.92 Å². The van der Waals surface area contributed by atoms with E-state index >= 15 is 0 Å². The van der Waals surface area contributed by atoms with Crippen molar-refractivity contribution in [2.24, 2.45) is 10.2 Å². The van der Waals surface area contributed by atoms with Crippen LogP contribution >= 0.6 is 11.6 Å². The molecule has 3 aromatic rings. The third-order valence-corrected chi connectivity index (χ3v) is 4.14. The Kier molecular flexibility index (Phi) is 4.18. The van der Waals surface area contributed by atoms with Gasteiger partial charge in [0.15, 0.2) is 5.82 Å². The summed E-state index contributed by atoms with van der Waals surface area (Å²) in [5.41, 5.74) is 4.74. The number of halogens is 1. The van der Waals surface area contributed by atoms with Gasteiger partial charge >= 0.3 is 0 Å². The van der Waals surface area contributed by atoms with E-state index in [4.69, 9.17) is 11.6 Å². The minimum atomic E-state index is 0.269. The Bertz CT molecular complexity index is 893. The Morgan fingerprint density at radius 2 is 1.87 bits per heavy atom. The van der Waals surface area contributed by atoms with Gasteiger partial charge in [-0.1, -0.05) is 37.6 Å². The fraction of sp³-hybridized carbons (Fsp3) is 0.278. The third-order valence-electron chi connectivity index (χ3n) is 3.73. The highest BCUT2D eigenvalue weighted by molar-refractivity contribution is 6.31. The molecule has 0 bridgehead atoms. The van der Waals surface area contributed by atoms with E-state index in [0.717, 1.165) is 34.0 Å². The van der Waals surface area contributed by atoms with Gasteiger partial charge in [-0.15, -0.1) is 10.2 Å². The van der Waals surface area contributed by atoms with Crippen LogP contribution in [0.1, 0.15) is 36.6 Å². The number of pyridine rings is 1. The van der Waals surface area contributed by atoms with Gasteiger partial charge in [0.2, 0.25) is 0 Å². The number of rotatable bonds is 3. The summed E-state index contributed by atoms with van der Waals surface area (Å²) in [5, 5.41) is 9.51. The molecule has 118 valence electrons. The van der Waals surface area contributed by atoms with E-state index in [1.54, 1.807) is 0 Å². The van der Waals surface area contributed by atoms with E-state index in [1.165, 1.54) is 0 Å². The second kappa shape index (κ2) is 6.13. The van der Waals surface area contributed by atoms with E-state index < -0.39 is 0 Å². The molecular weight excluding hydrogens is 308 g/mol. The average molecular weight is 327 g/mol. The van der Waals surface area contributed by atoms with E-state index in [2.05, 4.69) is 36.0 Å². The number of hydrogen-bond acceptors (Lipinski definition) is 3. The maximum Gasteiger partial charge on any atom is 0.183 e. The molecule has 0 fully saturated rings. The molecule has 2 aromatic heterocycles. The van der Waals surface area contributed by atoms with Crippen molar-refractivity contribution in [3.8, 4) is 0 Å². The van der Waals surface area contributed by atoms with Crippen LogP contribution in [0.2, 0.25) is 5.02 Å². The van der Waals surface area contributed by atoms with Crippen molar-refractivity contribution >= 4 is 28.8 Å². The van der Waals surface area contributed by atoms with Crippen LogP contribution < -0.4 is 0 Å². The minimum absolute atomic E-state index is 0.269. The Hall–Kier alpha value is -2.20. The van der Waals surface area contributed by atoms with Crippen LogP contribution in [0.4, 0.5) is 11.5 Å². The maximum atomic E-state index is 6.15. The molecular formula is C18H19ClN4. The average Bonchev–Trinajstić information content (AvgIpc) is 2.86. The van der Waals surface area contributed by atoms with Crippen molar-refractivity contribution < 1.29 is 0 Å². The second-order valence-electron chi connectivity index (χ2n) is 6.04. The Morgan fingerprint density at radius 1 is 1.09 bits per heavy atom. The van der Waals surface area contributed by atoms with Crippen LogP contribution in [-0.4, -0.2) is 9.38 Å². The monoisotopic (exact) mass is 326 g/mol. The van der Waals surface area contributed by atoms with Gasteiger partial charge in [0.25, 0.3) is 0 Å². The molecule has 2 heterocycles. The van der Waals surface area contributed by atoms with Gasteiger partial charge in [0.05, 0.1) is 11.4 Å². The lowest BCUT2D eigenvalue weighted by atomic mass is 10.1. The standard InChI is InChI=1S/C18H19ClN4/c1-11(2)17-18(23-10-12(3)5-8-16(23)20-17)22-21-14-7-6-13(4)15(19)9-14/h5-11H,1-4H3.